The number of rotatable bonds is 6. The van der Waals surface area contributed by atoms with Crippen LogP contribution >= 0.6 is 11.6 Å². The molecule has 0 radical (unpaired) electrons. The second-order valence-electron chi connectivity index (χ2n) is 4.40. The molecule has 7 heteroatoms. The Hall–Kier alpha value is -2.60. The van der Waals surface area contributed by atoms with Gasteiger partial charge in [-0.05, 0) is 37.3 Å². The molecule has 0 aliphatic rings. The molecule has 114 valence electrons. The molecule has 2 aromatic rings. The van der Waals surface area contributed by atoms with Gasteiger partial charge in [0.2, 0.25) is 0 Å². The molecule has 0 N–H and O–H groups in total. The van der Waals surface area contributed by atoms with E-state index in [4.69, 9.17) is 21.1 Å². The summed E-state index contributed by atoms with van der Waals surface area (Å²) in [6, 6.07) is 10.5. The van der Waals surface area contributed by atoms with Crippen molar-refractivity contribution >= 4 is 23.6 Å². The minimum atomic E-state index is -0.532. The van der Waals surface area contributed by atoms with Crippen LogP contribution in [0.5, 0.6) is 17.2 Å². The zero-order valence-electron chi connectivity index (χ0n) is 11.6. The summed E-state index contributed by atoms with van der Waals surface area (Å²) in [7, 11) is 0. The van der Waals surface area contributed by atoms with E-state index < -0.39 is 11.0 Å². The maximum atomic E-state index is 10.6. The highest BCUT2D eigenvalue weighted by Gasteiger charge is 2.11. The Bertz CT molecular complexity index is 687. The van der Waals surface area contributed by atoms with Crippen LogP contribution in [0.3, 0.4) is 0 Å². The average molecular weight is 322 g/mol. The summed E-state index contributed by atoms with van der Waals surface area (Å²) in [6.07, 6.45) is 0.164. The number of hydrogen-bond donors (Lipinski definition) is 0. The van der Waals surface area contributed by atoms with Crippen LogP contribution in [0.2, 0.25) is 5.02 Å². The molecular weight excluding hydrogens is 310 g/mol. The number of ether oxygens (including phenoxy) is 2. The minimum absolute atomic E-state index is 0.107. The molecule has 0 bridgehead atoms. The number of carbonyl (C=O) groups excluding carboxylic acids is 1. The fourth-order valence-corrected chi connectivity index (χ4v) is 1.86. The van der Waals surface area contributed by atoms with Crippen LogP contribution in [-0.2, 0) is 4.79 Å². The zero-order chi connectivity index (χ0) is 16.1. The molecule has 6 nitrogen and oxygen atoms in total. The predicted octanol–water partition coefficient (Wildman–Crippen LogP) is 4.01. The van der Waals surface area contributed by atoms with Crippen LogP contribution in [0.1, 0.15) is 6.92 Å². The predicted molar refractivity (Wildman–Crippen MR) is 80.8 cm³/mol. The highest BCUT2D eigenvalue weighted by atomic mass is 35.5. The summed E-state index contributed by atoms with van der Waals surface area (Å²) in [5.74, 6) is 1.32. The highest BCUT2D eigenvalue weighted by Crippen LogP contribution is 2.32. The number of nitro benzene ring substituents is 1. The molecule has 0 aliphatic carbocycles. The number of benzene rings is 2. The van der Waals surface area contributed by atoms with Crippen molar-refractivity contribution in [3.63, 3.8) is 0 Å². The maximum absolute atomic E-state index is 10.6. The first kappa shape index (κ1) is 15.8. The van der Waals surface area contributed by atoms with Crippen LogP contribution in [0.4, 0.5) is 5.69 Å². The van der Waals surface area contributed by atoms with Crippen LogP contribution in [-0.4, -0.2) is 17.3 Å². The molecule has 0 aromatic heterocycles. The molecular formula is C15H12ClNO5. The third-order valence-corrected chi connectivity index (χ3v) is 2.99. The van der Waals surface area contributed by atoms with Gasteiger partial charge in [-0.1, -0.05) is 11.6 Å². The lowest BCUT2D eigenvalue weighted by Gasteiger charge is -2.10. The molecule has 0 saturated carbocycles. The van der Waals surface area contributed by atoms with Gasteiger partial charge >= 0.3 is 0 Å². The summed E-state index contributed by atoms with van der Waals surface area (Å²) in [6.45, 7) is 1.63. The highest BCUT2D eigenvalue weighted by molar-refractivity contribution is 6.32. The third kappa shape index (κ3) is 3.95. The van der Waals surface area contributed by atoms with E-state index in [-0.39, 0.29) is 10.7 Å². The average Bonchev–Trinajstić information content (AvgIpc) is 2.50. The molecule has 22 heavy (non-hydrogen) atoms. The van der Waals surface area contributed by atoms with Crippen LogP contribution in [0.15, 0.2) is 42.5 Å². The Morgan fingerprint density at radius 3 is 2.36 bits per heavy atom. The SMILES string of the molecule is CC(C=O)Oc1ccc(Oc2ccc([N+](=O)[O-])cc2Cl)cc1. The van der Waals surface area contributed by atoms with Crippen LogP contribution in [0.25, 0.3) is 0 Å². The molecule has 2 rings (SSSR count). The van der Waals surface area contributed by atoms with E-state index in [1.54, 1.807) is 31.2 Å². The number of carbonyl (C=O) groups is 1. The van der Waals surface area contributed by atoms with Gasteiger partial charge in [0.1, 0.15) is 17.2 Å². The molecule has 1 atom stereocenters. The fraction of sp³-hybridized carbons (Fsp3) is 0.133. The van der Waals surface area contributed by atoms with E-state index in [1.807, 2.05) is 0 Å². The second-order valence-corrected chi connectivity index (χ2v) is 4.81. The summed E-state index contributed by atoms with van der Waals surface area (Å²) in [5, 5.41) is 10.8. The number of non-ortho nitro benzene ring substituents is 1. The van der Waals surface area contributed by atoms with Crippen molar-refractivity contribution in [3.05, 3.63) is 57.6 Å². The lowest BCUT2D eigenvalue weighted by atomic mass is 10.3. The van der Waals surface area contributed by atoms with Gasteiger partial charge in [0.25, 0.3) is 5.69 Å². The minimum Gasteiger partial charge on any atom is -0.483 e. The van der Waals surface area contributed by atoms with Crippen molar-refractivity contribution in [2.75, 3.05) is 0 Å². The van der Waals surface area contributed by atoms with E-state index in [9.17, 15) is 14.9 Å². The molecule has 0 saturated heterocycles. The summed E-state index contributed by atoms with van der Waals surface area (Å²) >= 11 is 5.95. The van der Waals surface area contributed by atoms with Gasteiger partial charge in [-0.3, -0.25) is 14.9 Å². The first-order valence-corrected chi connectivity index (χ1v) is 6.71. The normalized spacial score (nSPS) is 11.5. The monoisotopic (exact) mass is 321 g/mol. The lowest BCUT2D eigenvalue weighted by Crippen LogP contribution is -2.12. The van der Waals surface area contributed by atoms with E-state index in [0.29, 0.717) is 23.5 Å². The van der Waals surface area contributed by atoms with Crippen molar-refractivity contribution in [1.82, 2.24) is 0 Å². The van der Waals surface area contributed by atoms with Gasteiger partial charge in [-0.25, -0.2) is 0 Å². The standard InChI is InChI=1S/C15H12ClNO5/c1-10(9-18)21-12-3-5-13(6-4-12)22-15-7-2-11(17(19)20)8-14(15)16/h2-10H,1H3. The maximum Gasteiger partial charge on any atom is 0.271 e. The number of nitrogens with zero attached hydrogens (tertiary/aromatic N) is 1. The molecule has 0 aliphatic heterocycles. The van der Waals surface area contributed by atoms with Crippen molar-refractivity contribution in [2.45, 2.75) is 13.0 Å². The Morgan fingerprint density at radius 1 is 1.18 bits per heavy atom. The quantitative estimate of drug-likeness (QED) is 0.456. The Labute approximate surface area is 131 Å². The molecule has 1 unspecified atom stereocenters. The smallest absolute Gasteiger partial charge is 0.271 e. The number of hydrogen-bond acceptors (Lipinski definition) is 5. The zero-order valence-corrected chi connectivity index (χ0v) is 12.3. The van der Waals surface area contributed by atoms with Crippen LogP contribution < -0.4 is 9.47 Å². The van der Waals surface area contributed by atoms with E-state index in [2.05, 4.69) is 0 Å². The van der Waals surface area contributed by atoms with E-state index in [0.717, 1.165) is 0 Å². The largest absolute Gasteiger partial charge is 0.483 e. The molecule has 0 fully saturated rings. The van der Waals surface area contributed by atoms with Crippen molar-refractivity contribution in [3.8, 4) is 17.2 Å². The topological polar surface area (TPSA) is 78.7 Å². The summed E-state index contributed by atoms with van der Waals surface area (Å²) in [5.41, 5.74) is -0.107. The van der Waals surface area contributed by atoms with Crippen molar-refractivity contribution in [2.24, 2.45) is 0 Å². The number of nitro groups is 1. The van der Waals surface area contributed by atoms with Crippen molar-refractivity contribution in [1.29, 1.82) is 0 Å². The third-order valence-electron chi connectivity index (χ3n) is 2.69. The Morgan fingerprint density at radius 2 is 1.82 bits per heavy atom. The number of halogens is 1. The molecule has 0 amide bonds. The van der Waals surface area contributed by atoms with E-state index >= 15 is 0 Å². The summed E-state index contributed by atoms with van der Waals surface area (Å²) < 4.78 is 10.9. The Balaban J connectivity index is 2.11. The van der Waals surface area contributed by atoms with Crippen LogP contribution in [0, 0.1) is 10.1 Å². The first-order valence-electron chi connectivity index (χ1n) is 6.33. The van der Waals surface area contributed by atoms with Crippen molar-refractivity contribution < 1.29 is 19.2 Å². The molecule has 2 aromatic carbocycles. The lowest BCUT2D eigenvalue weighted by molar-refractivity contribution is -0.384. The Kier molecular flexibility index (Phi) is 4.95. The molecule has 0 spiro atoms. The van der Waals surface area contributed by atoms with Gasteiger partial charge in [-0.2, -0.15) is 0 Å². The second kappa shape index (κ2) is 6.91. The van der Waals surface area contributed by atoms with Gasteiger partial charge in [0.05, 0.1) is 9.95 Å². The molecule has 0 heterocycles. The van der Waals surface area contributed by atoms with E-state index in [1.165, 1.54) is 18.2 Å². The summed E-state index contributed by atoms with van der Waals surface area (Å²) in [4.78, 5) is 20.6. The van der Waals surface area contributed by atoms with Gasteiger partial charge in [0.15, 0.2) is 12.4 Å². The van der Waals surface area contributed by atoms with Gasteiger partial charge < -0.3 is 9.47 Å². The van der Waals surface area contributed by atoms with Gasteiger partial charge in [-0.15, -0.1) is 0 Å². The fourth-order valence-electron chi connectivity index (χ4n) is 1.64. The first-order chi connectivity index (χ1) is 10.5. The van der Waals surface area contributed by atoms with Gasteiger partial charge in [0, 0.05) is 12.1 Å². The number of aldehydes is 1.